The maximum Gasteiger partial charge on any atom is 0.341 e. The number of imide groups is 1. The maximum absolute atomic E-state index is 13.2. The highest BCUT2D eigenvalue weighted by Crippen LogP contribution is 2.09. The molecule has 7 heteroatoms. The Hall–Kier alpha value is -2.44. The van der Waals surface area contributed by atoms with Crippen LogP contribution < -0.4 is 11.1 Å². The molecule has 1 rings (SSSR count). The van der Waals surface area contributed by atoms with Crippen molar-refractivity contribution in [2.45, 2.75) is 13.0 Å². The van der Waals surface area contributed by atoms with E-state index in [1.165, 1.54) is 25.1 Å². The summed E-state index contributed by atoms with van der Waals surface area (Å²) in [7, 11) is 0. The zero-order valence-electron chi connectivity index (χ0n) is 9.48. The molecule has 96 valence electrons. The second-order valence-electron chi connectivity index (χ2n) is 3.38. The van der Waals surface area contributed by atoms with Crippen LogP contribution in [-0.2, 0) is 9.53 Å². The number of primary amides is 1. The van der Waals surface area contributed by atoms with Crippen LogP contribution in [0, 0.1) is 5.82 Å². The van der Waals surface area contributed by atoms with E-state index in [1.807, 2.05) is 0 Å². The minimum absolute atomic E-state index is 0.295. The monoisotopic (exact) mass is 254 g/mol. The number of amides is 3. The van der Waals surface area contributed by atoms with Crippen molar-refractivity contribution < 1.29 is 23.5 Å². The molecular weight excluding hydrogens is 243 g/mol. The van der Waals surface area contributed by atoms with Gasteiger partial charge in [0.25, 0.3) is 5.91 Å². The Kier molecular flexibility index (Phi) is 4.36. The summed E-state index contributed by atoms with van der Waals surface area (Å²) in [6.07, 6.45) is -1.26. The topological polar surface area (TPSA) is 98.5 Å². The number of carbonyl (C=O) groups excluding carboxylic acids is 3. The lowest BCUT2D eigenvalue weighted by molar-refractivity contribution is -0.127. The van der Waals surface area contributed by atoms with Crippen LogP contribution in [0.15, 0.2) is 24.3 Å². The molecule has 0 aliphatic carbocycles. The van der Waals surface area contributed by atoms with Crippen molar-refractivity contribution in [1.82, 2.24) is 5.32 Å². The first-order valence-electron chi connectivity index (χ1n) is 4.97. The third-order valence-corrected chi connectivity index (χ3v) is 1.99. The first-order chi connectivity index (χ1) is 8.41. The zero-order valence-corrected chi connectivity index (χ0v) is 9.48. The van der Waals surface area contributed by atoms with Crippen LogP contribution in [0.4, 0.5) is 9.18 Å². The molecule has 0 aliphatic rings. The van der Waals surface area contributed by atoms with E-state index < -0.39 is 29.8 Å². The van der Waals surface area contributed by atoms with E-state index in [1.54, 1.807) is 5.32 Å². The van der Waals surface area contributed by atoms with E-state index >= 15 is 0 Å². The van der Waals surface area contributed by atoms with Gasteiger partial charge in [0.05, 0.1) is 5.56 Å². The van der Waals surface area contributed by atoms with E-state index in [2.05, 4.69) is 4.74 Å². The van der Waals surface area contributed by atoms with Crippen molar-refractivity contribution in [2.24, 2.45) is 5.73 Å². The molecule has 1 atom stereocenters. The molecule has 3 N–H and O–H groups in total. The van der Waals surface area contributed by atoms with Gasteiger partial charge in [0.15, 0.2) is 6.10 Å². The molecule has 0 unspecified atom stereocenters. The Morgan fingerprint density at radius 3 is 2.50 bits per heavy atom. The Labute approximate surface area is 102 Å². The molecule has 0 fully saturated rings. The number of esters is 1. The first kappa shape index (κ1) is 13.6. The van der Waals surface area contributed by atoms with Crippen LogP contribution in [0.25, 0.3) is 0 Å². The second-order valence-corrected chi connectivity index (χ2v) is 3.38. The van der Waals surface area contributed by atoms with Crippen molar-refractivity contribution >= 4 is 17.9 Å². The molecule has 3 amide bonds. The highest BCUT2D eigenvalue weighted by atomic mass is 19.1. The largest absolute Gasteiger partial charge is 0.449 e. The molecule has 0 aromatic heterocycles. The van der Waals surface area contributed by atoms with Gasteiger partial charge < -0.3 is 10.5 Å². The highest BCUT2D eigenvalue weighted by Gasteiger charge is 2.21. The van der Waals surface area contributed by atoms with Gasteiger partial charge in [0.1, 0.15) is 5.82 Å². The summed E-state index contributed by atoms with van der Waals surface area (Å²) in [5.74, 6) is -2.64. The number of nitrogens with one attached hydrogen (secondary N) is 1. The Morgan fingerprint density at radius 1 is 1.33 bits per heavy atom. The van der Waals surface area contributed by atoms with E-state index in [9.17, 15) is 18.8 Å². The molecular formula is C11H11FN2O4. The quantitative estimate of drug-likeness (QED) is 0.770. The van der Waals surface area contributed by atoms with Gasteiger partial charge in [-0.3, -0.25) is 10.1 Å². The van der Waals surface area contributed by atoms with Crippen LogP contribution in [0.5, 0.6) is 0 Å². The van der Waals surface area contributed by atoms with E-state index in [-0.39, 0.29) is 5.56 Å². The number of rotatable bonds is 3. The predicted molar refractivity (Wildman–Crippen MR) is 59.0 cm³/mol. The fourth-order valence-corrected chi connectivity index (χ4v) is 1.13. The minimum atomic E-state index is -1.26. The normalized spacial score (nSPS) is 11.4. The number of urea groups is 1. The fourth-order valence-electron chi connectivity index (χ4n) is 1.13. The molecule has 0 heterocycles. The zero-order chi connectivity index (χ0) is 13.7. The summed E-state index contributed by atoms with van der Waals surface area (Å²) < 4.78 is 17.9. The number of hydrogen-bond donors (Lipinski definition) is 2. The Balaban J connectivity index is 2.68. The van der Waals surface area contributed by atoms with Crippen LogP contribution in [0.2, 0.25) is 0 Å². The van der Waals surface area contributed by atoms with E-state index in [0.717, 1.165) is 6.07 Å². The van der Waals surface area contributed by atoms with Gasteiger partial charge >= 0.3 is 12.0 Å². The number of carbonyl (C=O) groups is 3. The Bertz CT molecular complexity index is 490. The summed E-state index contributed by atoms with van der Waals surface area (Å²) >= 11 is 0. The van der Waals surface area contributed by atoms with Crippen molar-refractivity contribution in [2.75, 3.05) is 0 Å². The molecule has 0 aliphatic heterocycles. The maximum atomic E-state index is 13.2. The SMILES string of the molecule is C[C@H](OC(=O)c1ccccc1F)C(=O)NC(N)=O. The highest BCUT2D eigenvalue weighted by molar-refractivity contribution is 5.98. The molecule has 0 saturated heterocycles. The van der Waals surface area contributed by atoms with Crippen molar-refractivity contribution in [3.8, 4) is 0 Å². The van der Waals surface area contributed by atoms with Gasteiger partial charge in [-0.1, -0.05) is 12.1 Å². The van der Waals surface area contributed by atoms with Gasteiger partial charge in [-0.2, -0.15) is 0 Å². The molecule has 0 saturated carbocycles. The van der Waals surface area contributed by atoms with E-state index in [0.29, 0.717) is 0 Å². The molecule has 18 heavy (non-hydrogen) atoms. The molecule has 1 aromatic carbocycles. The Morgan fingerprint density at radius 2 is 1.94 bits per heavy atom. The lowest BCUT2D eigenvalue weighted by atomic mass is 10.2. The summed E-state index contributed by atoms with van der Waals surface area (Å²) in [5, 5.41) is 1.74. The fraction of sp³-hybridized carbons (Fsp3) is 0.182. The van der Waals surface area contributed by atoms with Gasteiger partial charge in [-0.05, 0) is 19.1 Å². The van der Waals surface area contributed by atoms with Crippen molar-refractivity contribution in [1.29, 1.82) is 0 Å². The van der Waals surface area contributed by atoms with Crippen molar-refractivity contribution in [3.63, 3.8) is 0 Å². The van der Waals surface area contributed by atoms with Crippen molar-refractivity contribution in [3.05, 3.63) is 35.6 Å². The number of hydrogen-bond acceptors (Lipinski definition) is 4. The molecule has 1 aromatic rings. The smallest absolute Gasteiger partial charge is 0.341 e. The van der Waals surface area contributed by atoms with Gasteiger partial charge in [-0.15, -0.1) is 0 Å². The minimum Gasteiger partial charge on any atom is -0.449 e. The standard InChI is InChI=1S/C11H11FN2O4/c1-6(9(15)14-11(13)17)18-10(16)7-4-2-3-5-8(7)12/h2-6H,1H3,(H3,13,14,15,17)/t6-/m0/s1. The third-order valence-electron chi connectivity index (χ3n) is 1.99. The van der Waals surface area contributed by atoms with Gasteiger partial charge in [0.2, 0.25) is 0 Å². The van der Waals surface area contributed by atoms with Gasteiger partial charge in [-0.25, -0.2) is 14.0 Å². The predicted octanol–water partition coefficient (Wildman–Crippen LogP) is 0.566. The average Bonchev–Trinajstić information content (AvgIpc) is 2.28. The lowest BCUT2D eigenvalue weighted by Gasteiger charge is -2.12. The number of benzene rings is 1. The molecule has 0 radical (unpaired) electrons. The van der Waals surface area contributed by atoms with Crippen LogP contribution >= 0.6 is 0 Å². The van der Waals surface area contributed by atoms with Crippen LogP contribution in [0.3, 0.4) is 0 Å². The average molecular weight is 254 g/mol. The number of ether oxygens (including phenoxy) is 1. The van der Waals surface area contributed by atoms with Crippen LogP contribution in [-0.4, -0.2) is 24.0 Å². The molecule has 0 bridgehead atoms. The summed E-state index contributed by atoms with van der Waals surface area (Å²) in [6, 6.07) is 4.11. The molecule has 0 spiro atoms. The second kappa shape index (κ2) is 5.76. The van der Waals surface area contributed by atoms with Gasteiger partial charge in [0, 0.05) is 0 Å². The first-order valence-corrected chi connectivity index (χ1v) is 4.97. The lowest BCUT2D eigenvalue weighted by Crippen LogP contribution is -2.42. The number of nitrogens with two attached hydrogens (primary N) is 1. The molecule has 6 nitrogen and oxygen atoms in total. The third kappa shape index (κ3) is 3.55. The summed E-state index contributed by atoms with van der Waals surface area (Å²) in [4.78, 5) is 33.1. The summed E-state index contributed by atoms with van der Waals surface area (Å²) in [5.41, 5.74) is 4.43. The van der Waals surface area contributed by atoms with E-state index in [4.69, 9.17) is 5.73 Å². The van der Waals surface area contributed by atoms with Crippen LogP contribution in [0.1, 0.15) is 17.3 Å². The summed E-state index contributed by atoms with van der Waals surface area (Å²) in [6.45, 7) is 1.23. The number of halogens is 1.